The van der Waals surface area contributed by atoms with E-state index in [1.165, 1.54) is 16.8 Å². The predicted octanol–water partition coefficient (Wildman–Crippen LogP) is 7.62. The second kappa shape index (κ2) is 16.4. The molecular weight excluding hydrogens is 676 g/mol. The molecule has 0 bridgehead atoms. The number of aromatic nitrogens is 3. The third-order valence-electron chi connectivity index (χ3n) is 10.3. The van der Waals surface area contributed by atoms with E-state index in [4.69, 9.17) is 25.8 Å². The normalized spacial score (nSPS) is 22.4. The van der Waals surface area contributed by atoms with Gasteiger partial charge in [0.25, 0.3) is 5.91 Å². The van der Waals surface area contributed by atoms with Crippen LogP contribution in [0.2, 0.25) is 5.02 Å². The predicted molar refractivity (Wildman–Crippen MR) is 204 cm³/mol. The number of hydrogen-bond acceptors (Lipinski definition) is 8. The lowest BCUT2D eigenvalue weighted by atomic mass is 9.99. The van der Waals surface area contributed by atoms with Gasteiger partial charge in [0, 0.05) is 29.4 Å². The van der Waals surface area contributed by atoms with Crippen LogP contribution >= 0.6 is 11.6 Å². The molecular formula is C41H47ClN6O4. The topological polar surface area (TPSA) is 94.3 Å². The fourth-order valence-corrected chi connectivity index (χ4v) is 7.30. The van der Waals surface area contributed by atoms with E-state index in [-0.39, 0.29) is 24.6 Å². The number of carbonyl (C=O) groups excluding carboxylic acids is 1. The quantitative estimate of drug-likeness (QED) is 0.124. The summed E-state index contributed by atoms with van der Waals surface area (Å²) in [5, 5.41) is 9.06. The average molecular weight is 723 g/mol. The summed E-state index contributed by atoms with van der Waals surface area (Å²) in [6.45, 7) is 7.29. The van der Waals surface area contributed by atoms with E-state index in [9.17, 15) is 4.79 Å². The smallest absolute Gasteiger partial charge is 0.257 e. The third kappa shape index (κ3) is 8.41. The summed E-state index contributed by atoms with van der Waals surface area (Å²) in [7, 11) is 0. The zero-order valence-corrected chi connectivity index (χ0v) is 30.7. The molecule has 0 saturated carbocycles. The molecule has 3 aliphatic heterocycles. The molecule has 272 valence electrons. The summed E-state index contributed by atoms with van der Waals surface area (Å²) >= 11 is 6.57. The number of halogens is 1. The maximum absolute atomic E-state index is 13.0. The molecule has 4 heterocycles. The van der Waals surface area contributed by atoms with E-state index >= 15 is 0 Å². The lowest BCUT2D eigenvalue weighted by molar-refractivity contribution is -0.192. The molecule has 11 heteroatoms. The van der Waals surface area contributed by atoms with E-state index in [1.54, 1.807) is 28.4 Å². The van der Waals surface area contributed by atoms with E-state index < -0.39 is 5.79 Å². The van der Waals surface area contributed by atoms with Crippen molar-refractivity contribution >= 4 is 35.2 Å². The Morgan fingerprint density at radius 1 is 1.00 bits per heavy atom. The molecule has 0 N–H and O–H groups in total. The standard InChI is InChI=1S/C41H47ClN6O4/c1-3-30(2)10-19-39-40(49)47(29-43-39)34-15-13-33(14-16-34)46-23-6-7-31(20-24-46)25-32-11-17-35(18-12-32)50-26-36-27-51-41(52-36,28-48-44-21-22-45-48)37-8-4-5-9-38(37)42/h4-5,7-9,11-18,21-22,29-30,36,39H,3,6,10,19-20,23-28H2,1-2H3. The van der Waals surface area contributed by atoms with Crippen molar-refractivity contribution in [3.63, 3.8) is 0 Å². The van der Waals surface area contributed by atoms with Gasteiger partial charge in [-0.15, -0.1) is 0 Å². The van der Waals surface area contributed by atoms with Crippen LogP contribution in [-0.4, -0.2) is 65.7 Å². The summed E-state index contributed by atoms with van der Waals surface area (Å²) in [6.07, 6.45) is 12.9. The molecule has 1 saturated heterocycles. The van der Waals surface area contributed by atoms with Gasteiger partial charge in [0.15, 0.2) is 0 Å². The minimum Gasteiger partial charge on any atom is -0.491 e. The van der Waals surface area contributed by atoms with Crippen LogP contribution in [-0.2, 0) is 33.0 Å². The highest BCUT2D eigenvalue weighted by Gasteiger charge is 2.46. The second-order valence-corrected chi connectivity index (χ2v) is 14.4. The zero-order chi connectivity index (χ0) is 35.9. The Labute approximate surface area is 311 Å². The Bertz CT molecular complexity index is 1850. The van der Waals surface area contributed by atoms with Crippen LogP contribution < -0.4 is 14.5 Å². The first-order valence-electron chi connectivity index (χ1n) is 18.4. The zero-order valence-electron chi connectivity index (χ0n) is 29.9. The SMILES string of the molecule is CCC(C)CCC1N=CN(c2ccc(N3CCC=C(Cc4ccc(OCC5COC(Cn6nccn6)(c6ccccc6Cl)O5)cc4)CC3)cc2)C1=O. The van der Waals surface area contributed by atoms with Crippen molar-refractivity contribution in [1.29, 1.82) is 0 Å². The molecule has 0 radical (unpaired) electrons. The van der Waals surface area contributed by atoms with Crippen molar-refractivity contribution in [2.24, 2.45) is 10.9 Å². The largest absolute Gasteiger partial charge is 0.491 e. The Kier molecular flexibility index (Phi) is 11.3. The summed E-state index contributed by atoms with van der Waals surface area (Å²) in [6, 6.07) is 23.9. The monoisotopic (exact) mass is 722 g/mol. The molecule has 3 aromatic carbocycles. The molecule has 0 aliphatic carbocycles. The van der Waals surface area contributed by atoms with Crippen molar-refractivity contribution in [2.75, 3.05) is 36.1 Å². The van der Waals surface area contributed by atoms with Crippen LogP contribution in [0.3, 0.4) is 0 Å². The Hall–Kier alpha value is -4.51. The van der Waals surface area contributed by atoms with E-state index in [1.807, 2.05) is 48.5 Å². The first kappa shape index (κ1) is 35.9. The van der Waals surface area contributed by atoms with Gasteiger partial charge in [-0.05, 0) is 86.1 Å². The van der Waals surface area contributed by atoms with Gasteiger partial charge in [-0.1, -0.05) is 73.9 Å². The van der Waals surface area contributed by atoms with Gasteiger partial charge in [-0.2, -0.15) is 15.0 Å². The maximum Gasteiger partial charge on any atom is 0.257 e. The molecule has 4 atom stereocenters. The number of amides is 1. The van der Waals surface area contributed by atoms with Gasteiger partial charge in [-0.3, -0.25) is 14.7 Å². The minimum absolute atomic E-state index is 0.0765. The van der Waals surface area contributed by atoms with Gasteiger partial charge in [0.1, 0.15) is 31.0 Å². The van der Waals surface area contributed by atoms with Gasteiger partial charge >= 0.3 is 0 Å². The van der Waals surface area contributed by atoms with E-state index in [2.05, 4.69) is 64.3 Å². The van der Waals surface area contributed by atoms with Crippen molar-refractivity contribution in [3.05, 3.63) is 113 Å². The van der Waals surface area contributed by atoms with Crippen LogP contribution in [0.25, 0.3) is 0 Å². The van der Waals surface area contributed by atoms with E-state index in [0.29, 0.717) is 24.2 Å². The Balaban J connectivity index is 0.881. The molecule has 1 amide bonds. The van der Waals surface area contributed by atoms with Gasteiger partial charge in [0.05, 0.1) is 31.0 Å². The lowest BCUT2D eigenvalue weighted by Crippen LogP contribution is -2.35. The highest BCUT2D eigenvalue weighted by Crippen LogP contribution is 2.39. The highest BCUT2D eigenvalue weighted by molar-refractivity contribution is 6.31. The minimum atomic E-state index is -1.11. The van der Waals surface area contributed by atoms with Crippen LogP contribution in [0.5, 0.6) is 5.75 Å². The van der Waals surface area contributed by atoms with Gasteiger partial charge in [-0.25, -0.2) is 0 Å². The molecule has 4 aromatic rings. The molecule has 7 rings (SSSR count). The molecule has 4 unspecified atom stereocenters. The summed E-state index contributed by atoms with van der Waals surface area (Å²) < 4.78 is 18.9. The molecule has 10 nitrogen and oxygen atoms in total. The molecule has 3 aliphatic rings. The van der Waals surface area contributed by atoms with Gasteiger partial charge in [0.2, 0.25) is 5.79 Å². The van der Waals surface area contributed by atoms with Crippen molar-refractivity contribution < 1.29 is 19.0 Å². The number of hydrogen-bond donors (Lipinski definition) is 0. The van der Waals surface area contributed by atoms with Crippen LogP contribution in [0.4, 0.5) is 11.4 Å². The third-order valence-corrected chi connectivity index (χ3v) is 10.6. The fraction of sp³-hybridized carbons (Fsp3) is 0.415. The number of rotatable bonds is 14. The van der Waals surface area contributed by atoms with Crippen molar-refractivity contribution in [2.45, 2.75) is 76.9 Å². The summed E-state index contributed by atoms with van der Waals surface area (Å²) in [5.74, 6) is 0.360. The first-order valence-corrected chi connectivity index (χ1v) is 18.8. The van der Waals surface area contributed by atoms with Crippen LogP contribution in [0.15, 0.2) is 102 Å². The molecule has 52 heavy (non-hydrogen) atoms. The molecule has 0 spiro atoms. The van der Waals surface area contributed by atoms with Crippen molar-refractivity contribution in [3.8, 4) is 5.75 Å². The number of aliphatic imine (C=N–C) groups is 1. The van der Waals surface area contributed by atoms with Crippen LogP contribution in [0, 0.1) is 5.92 Å². The van der Waals surface area contributed by atoms with Crippen LogP contribution in [0.1, 0.15) is 57.1 Å². The Morgan fingerprint density at radius 3 is 2.54 bits per heavy atom. The number of anilines is 2. The summed E-state index contributed by atoms with van der Waals surface area (Å²) in [5.41, 5.74) is 5.48. The van der Waals surface area contributed by atoms with Crippen molar-refractivity contribution in [1.82, 2.24) is 15.0 Å². The molecule has 1 fully saturated rings. The molecule has 1 aromatic heterocycles. The number of benzene rings is 3. The highest BCUT2D eigenvalue weighted by atomic mass is 35.5. The number of nitrogens with zero attached hydrogens (tertiary/aromatic N) is 6. The van der Waals surface area contributed by atoms with Gasteiger partial charge < -0.3 is 19.1 Å². The summed E-state index contributed by atoms with van der Waals surface area (Å²) in [4.78, 5) is 23.2. The first-order chi connectivity index (χ1) is 25.4. The number of ether oxygens (including phenoxy) is 3. The second-order valence-electron chi connectivity index (χ2n) is 14.0. The van der Waals surface area contributed by atoms with E-state index in [0.717, 1.165) is 68.6 Å². The maximum atomic E-state index is 13.0. The average Bonchev–Trinajstić information content (AvgIpc) is 3.88. The fourth-order valence-electron chi connectivity index (χ4n) is 7.02. The lowest BCUT2D eigenvalue weighted by Gasteiger charge is -2.28. The number of carbonyl (C=O) groups is 1. The Morgan fingerprint density at radius 2 is 1.77 bits per heavy atom.